The van der Waals surface area contributed by atoms with E-state index in [1.807, 2.05) is 45.1 Å². The fraction of sp³-hybridized carbons (Fsp3) is 0.182. The van der Waals surface area contributed by atoms with Crippen molar-refractivity contribution >= 4 is 16.3 Å². The summed E-state index contributed by atoms with van der Waals surface area (Å²) >= 11 is 1.62. The van der Waals surface area contributed by atoms with Crippen LogP contribution in [0.15, 0.2) is 36.1 Å². The molecule has 0 bridgehead atoms. The van der Waals surface area contributed by atoms with Crippen molar-refractivity contribution in [2.75, 3.05) is 0 Å². The smallest absolute Gasteiger partial charge is 0.193 e. The fourth-order valence-electron chi connectivity index (χ4n) is 1.77. The van der Waals surface area contributed by atoms with Crippen molar-refractivity contribution in [1.82, 2.24) is 14.0 Å². The first-order valence-corrected chi connectivity index (χ1v) is 5.91. The van der Waals surface area contributed by atoms with Crippen LogP contribution in [0.5, 0.6) is 0 Å². The third-order valence-corrected chi connectivity index (χ3v) is 3.33. The van der Waals surface area contributed by atoms with Crippen molar-refractivity contribution in [3.63, 3.8) is 0 Å². The number of aliphatic hydroxyl groups is 1. The Bertz CT molecular complexity index is 579. The molecule has 0 atom stereocenters. The van der Waals surface area contributed by atoms with Gasteiger partial charge in [0.2, 0.25) is 0 Å². The minimum Gasteiger partial charge on any atom is -0.390 e. The predicted octanol–water partition coefficient (Wildman–Crippen LogP) is 1.74. The van der Waals surface area contributed by atoms with Gasteiger partial charge in [-0.15, -0.1) is 11.3 Å². The Kier molecular flexibility index (Phi) is 2.27. The normalized spacial score (nSPS) is 11.3. The van der Waals surface area contributed by atoms with Gasteiger partial charge >= 0.3 is 0 Å². The molecule has 0 aliphatic heterocycles. The number of hydrogen-bond donors (Lipinski definition) is 1. The number of fused-ring (bicyclic) bond motifs is 1. The van der Waals surface area contributed by atoms with Gasteiger partial charge < -0.3 is 9.67 Å². The molecule has 3 aromatic rings. The zero-order chi connectivity index (χ0) is 11.0. The van der Waals surface area contributed by atoms with Gasteiger partial charge in [0.25, 0.3) is 0 Å². The lowest BCUT2D eigenvalue weighted by atomic mass is 10.4. The third-order valence-electron chi connectivity index (χ3n) is 2.56. The minimum atomic E-state index is 0.0647. The van der Waals surface area contributed by atoms with Crippen LogP contribution in [0.3, 0.4) is 0 Å². The monoisotopic (exact) mass is 233 g/mol. The van der Waals surface area contributed by atoms with Crippen LogP contribution in [0.1, 0.15) is 11.4 Å². The Morgan fingerprint density at radius 2 is 2.31 bits per heavy atom. The van der Waals surface area contributed by atoms with Gasteiger partial charge in [0.1, 0.15) is 0 Å². The summed E-state index contributed by atoms with van der Waals surface area (Å²) < 4.78 is 4.02. The highest BCUT2D eigenvalue weighted by atomic mass is 32.1. The van der Waals surface area contributed by atoms with Crippen LogP contribution in [0.25, 0.3) is 4.96 Å². The largest absolute Gasteiger partial charge is 0.390 e. The molecule has 0 saturated heterocycles. The summed E-state index contributed by atoms with van der Waals surface area (Å²) in [6.45, 7) is 0.770. The molecule has 5 heteroatoms. The van der Waals surface area contributed by atoms with E-state index < -0.39 is 0 Å². The number of aromatic nitrogens is 3. The zero-order valence-corrected chi connectivity index (χ0v) is 9.39. The molecule has 3 aromatic heterocycles. The van der Waals surface area contributed by atoms with Crippen molar-refractivity contribution in [2.45, 2.75) is 13.2 Å². The van der Waals surface area contributed by atoms with Crippen LogP contribution in [-0.4, -0.2) is 19.1 Å². The van der Waals surface area contributed by atoms with E-state index in [9.17, 15) is 0 Å². The maximum absolute atomic E-state index is 9.14. The van der Waals surface area contributed by atoms with E-state index in [0.717, 1.165) is 16.3 Å². The van der Waals surface area contributed by atoms with Gasteiger partial charge in [0, 0.05) is 29.7 Å². The van der Waals surface area contributed by atoms with Crippen LogP contribution >= 0.6 is 11.3 Å². The van der Waals surface area contributed by atoms with E-state index in [4.69, 9.17) is 5.11 Å². The molecular formula is C11H11N3OS. The highest BCUT2D eigenvalue weighted by molar-refractivity contribution is 7.15. The van der Waals surface area contributed by atoms with Crippen molar-refractivity contribution in [3.05, 3.63) is 47.5 Å². The molecule has 1 N–H and O–H groups in total. The summed E-state index contributed by atoms with van der Waals surface area (Å²) in [6.07, 6.45) is 5.98. The van der Waals surface area contributed by atoms with Gasteiger partial charge in [-0.3, -0.25) is 4.40 Å². The Labute approximate surface area is 96.4 Å². The standard InChI is InChI=1S/C11H11N3OS/c15-8-10-2-1-3-13(10)6-9-7-14-4-5-16-11(14)12-9/h1-5,7,15H,6,8H2. The molecule has 3 heterocycles. The van der Waals surface area contributed by atoms with E-state index in [1.54, 1.807) is 11.3 Å². The predicted molar refractivity (Wildman–Crippen MR) is 62.5 cm³/mol. The van der Waals surface area contributed by atoms with Gasteiger partial charge in [-0.1, -0.05) is 0 Å². The lowest BCUT2D eigenvalue weighted by molar-refractivity contribution is 0.271. The topological polar surface area (TPSA) is 42.5 Å². The van der Waals surface area contributed by atoms with Crippen LogP contribution < -0.4 is 0 Å². The van der Waals surface area contributed by atoms with Gasteiger partial charge in [-0.2, -0.15) is 0 Å². The molecule has 0 aliphatic rings. The molecule has 0 amide bonds. The average molecular weight is 233 g/mol. The SMILES string of the molecule is OCc1cccn1Cc1cn2ccsc2n1. The first-order valence-electron chi connectivity index (χ1n) is 5.03. The summed E-state index contributed by atoms with van der Waals surface area (Å²) in [6, 6.07) is 3.85. The molecule has 0 aliphatic carbocycles. The Balaban J connectivity index is 1.92. The lowest BCUT2D eigenvalue weighted by Crippen LogP contribution is -2.03. The number of nitrogens with zero attached hydrogens (tertiary/aromatic N) is 3. The first kappa shape index (κ1) is 9.62. The maximum atomic E-state index is 9.14. The van der Waals surface area contributed by atoms with Crippen molar-refractivity contribution in [2.24, 2.45) is 0 Å². The second-order valence-electron chi connectivity index (χ2n) is 3.61. The quantitative estimate of drug-likeness (QED) is 0.748. The van der Waals surface area contributed by atoms with Crippen LogP contribution in [0, 0.1) is 0 Å². The highest BCUT2D eigenvalue weighted by Crippen LogP contribution is 2.13. The van der Waals surface area contributed by atoms with Crippen molar-refractivity contribution in [1.29, 1.82) is 0 Å². The third kappa shape index (κ3) is 1.54. The van der Waals surface area contributed by atoms with Gasteiger partial charge in [-0.25, -0.2) is 4.98 Å². The van der Waals surface area contributed by atoms with E-state index in [2.05, 4.69) is 4.98 Å². The molecule has 0 fully saturated rings. The lowest BCUT2D eigenvalue weighted by Gasteiger charge is -2.04. The highest BCUT2D eigenvalue weighted by Gasteiger charge is 2.05. The molecule has 0 radical (unpaired) electrons. The van der Waals surface area contributed by atoms with Crippen LogP contribution in [0.2, 0.25) is 0 Å². The van der Waals surface area contributed by atoms with Crippen LogP contribution in [0.4, 0.5) is 0 Å². The van der Waals surface area contributed by atoms with Gasteiger partial charge in [0.05, 0.1) is 18.8 Å². The molecule has 3 rings (SSSR count). The number of hydrogen-bond acceptors (Lipinski definition) is 3. The molecular weight excluding hydrogens is 222 g/mol. The average Bonchev–Trinajstić information content (AvgIpc) is 2.92. The van der Waals surface area contributed by atoms with E-state index in [0.29, 0.717) is 6.54 Å². The van der Waals surface area contributed by atoms with E-state index in [-0.39, 0.29) is 6.61 Å². The van der Waals surface area contributed by atoms with Gasteiger partial charge in [-0.05, 0) is 12.1 Å². The molecule has 0 unspecified atom stereocenters. The number of imidazole rings is 1. The van der Waals surface area contributed by atoms with Gasteiger partial charge in [0.15, 0.2) is 4.96 Å². The number of rotatable bonds is 3. The second kappa shape index (κ2) is 3.77. The number of thiazole rings is 1. The Morgan fingerprint density at radius 1 is 1.38 bits per heavy atom. The van der Waals surface area contributed by atoms with Crippen molar-refractivity contribution < 1.29 is 5.11 Å². The van der Waals surface area contributed by atoms with E-state index >= 15 is 0 Å². The summed E-state index contributed by atoms with van der Waals surface area (Å²) in [5, 5.41) is 11.2. The summed E-state index contributed by atoms with van der Waals surface area (Å²) in [7, 11) is 0. The van der Waals surface area contributed by atoms with Crippen molar-refractivity contribution in [3.8, 4) is 0 Å². The summed E-state index contributed by atoms with van der Waals surface area (Å²) in [4.78, 5) is 5.51. The molecule has 4 nitrogen and oxygen atoms in total. The van der Waals surface area contributed by atoms with Crippen LogP contribution in [-0.2, 0) is 13.2 Å². The maximum Gasteiger partial charge on any atom is 0.193 e. The fourth-order valence-corrected chi connectivity index (χ4v) is 2.49. The molecule has 0 aromatic carbocycles. The zero-order valence-electron chi connectivity index (χ0n) is 8.58. The Hall–Kier alpha value is -1.59. The van der Waals surface area contributed by atoms with E-state index in [1.165, 1.54) is 0 Å². The molecule has 0 spiro atoms. The molecule has 82 valence electrons. The minimum absolute atomic E-state index is 0.0647. The summed E-state index contributed by atoms with van der Waals surface area (Å²) in [5.74, 6) is 0. The Morgan fingerprint density at radius 3 is 3.12 bits per heavy atom. The summed E-state index contributed by atoms with van der Waals surface area (Å²) in [5.41, 5.74) is 1.93. The molecule has 0 saturated carbocycles. The molecule has 16 heavy (non-hydrogen) atoms. The second-order valence-corrected chi connectivity index (χ2v) is 4.48. The first-order chi connectivity index (χ1) is 7.86. The number of aliphatic hydroxyl groups excluding tert-OH is 1.